The Balaban J connectivity index is 1.21. The Bertz CT molecular complexity index is 3440. The Morgan fingerprint density at radius 3 is 1.75 bits per heavy atom. The summed E-state index contributed by atoms with van der Waals surface area (Å²) in [5, 5.41) is 5.76. The van der Waals surface area contributed by atoms with Crippen molar-refractivity contribution >= 4 is 53.1 Å². The minimum Gasteiger partial charge on any atom is -0.208 e. The lowest BCUT2D eigenvalue weighted by Gasteiger charge is -2.10. The number of fused-ring (bicyclic) bond motifs is 6. The molecule has 0 saturated carbocycles. The van der Waals surface area contributed by atoms with Gasteiger partial charge in [0.1, 0.15) is 0 Å². The summed E-state index contributed by atoms with van der Waals surface area (Å²) in [4.78, 5) is 15.0. The van der Waals surface area contributed by atoms with E-state index < -0.39 is 60.4 Å². The zero-order valence-electron chi connectivity index (χ0n) is 36.7. The molecule has 4 heteroatoms. The molecular formula is C47H29N3S. The van der Waals surface area contributed by atoms with Crippen LogP contribution in [0.3, 0.4) is 0 Å². The van der Waals surface area contributed by atoms with Crippen LogP contribution in [0.15, 0.2) is 176 Å². The van der Waals surface area contributed by atoms with Gasteiger partial charge in [-0.1, -0.05) is 151 Å². The average Bonchev–Trinajstić information content (AvgIpc) is 3.67. The van der Waals surface area contributed by atoms with Crippen molar-refractivity contribution in [2.75, 3.05) is 0 Å². The molecule has 2 aromatic heterocycles. The molecule has 0 radical (unpaired) electrons. The maximum Gasteiger partial charge on any atom is 0.164 e. The summed E-state index contributed by atoms with van der Waals surface area (Å²) in [6.07, 6.45) is 0. The van der Waals surface area contributed by atoms with Gasteiger partial charge in [-0.15, -0.1) is 11.3 Å². The number of benzene rings is 8. The molecule has 0 N–H and O–H groups in total. The van der Waals surface area contributed by atoms with Crippen molar-refractivity contribution < 1.29 is 13.7 Å². The average molecular weight is 678 g/mol. The van der Waals surface area contributed by atoms with E-state index in [4.69, 9.17) is 28.7 Å². The van der Waals surface area contributed by atoms with Crippen LogP contribution in [0.25, 0.3) is 98.1 Å². The van der Waals surface area contributed by atoms with Gasteiger partial charge >= 0.3 is 0 Å². The third kappa shape index (κ3) is 5.25. The molecule has 0 atom stereocenters. The number of nitrogens with zero attached hydrogens (tertiary/aromatic N) is 3. The Hall–Kier alpha value is -6.49. The molecule has 0 saturated heterocycles. The van der Waals surface area contributed by atoms with Crippen LogP contribution in [0.4, 0.5) is 0 Å². The maximum absolute atomic E-state index is 8.90. The van der Waals surface area contributed by atoms with E-state index in [0.29, 0.717) is 33.1 Å². The Morgan fingerprint density at radius 1 is 0.392 bits per heavy atom. The van der Waals surface area contributed by atoms with Crippen molar-refractivity contribution in [3.05, 3.63) is 176 Å². The second-order valence-corrected chi connectivity index (χ2v) is 13.2. The van der Waals surface area contributed by atoms with Crippen molar-refractivity contribution in [1.82, 2.24) is 15.0 Å². The predicted octanol–water partition coefficient (Wildman–Crippen LogP) is 12.9. The zero-order chi connectivity index (χ0) is 42.4. The van der Waals surface area contributed by atoms with Crippen LogP contribution in [0.1, 0.15) is 13.7 Å². The minimum atomic E-state index is -0.540. The predicted molar refractivity (Wildman–Crippen MR) is 215 cm³/mol. The fourth-order valence-electron chi connectivity index (χ4n) is 6.62. The van der Waals surface area contributed by atoms with Gasteiger partial charge in [0.05, 0.1) is 13.7 Å². The third-order valence-corrected chi connectivity index (χ3v) is 10.3. The van der Waals surface area contributed by atoms with E-state index in [9.17, 15) is 0 Å². The second-order valence-electron chi connectivity index (χ2n) is 12.1. The number of rotatable bonds is 5. The molecule has 0 unspecified atom stereocenters. The maximum atomic E-state index is 8.90. The Morgan fingerprint density at radius 2 is 0.980 bits per heavy atom. The summed E-state index contributed by atoms with van der Waals surface area (Å²) in [5.41, 5.74) is 2.70. The van der Waals surface area contributed by atoms with Gasteiger partial charge in [0.2, 0.25) is 0 Å². The van der Waals surface area contributed by atoms with Crippen molar-refractivity contribution in [3.8, 4) is 56.4 Å². The minimum absolute atomic E-state index is 0.0604. The van der Waals surface area contributed by atoms with Gasteiger partial charge in [-0.05, 0) is 62.5 Å². The van der Waals surface area contributed by atoms with Crippen molar-refractivity contribution in [1.29, 1.82) is 0 Å². The molecule has 10 rings (SSSR count). The molecular weight excluding hydrogens is 639 g/mol. The molecule has 3 nitrogen and oxygen atoms in total. The highest BCUT2D eigenvalue weighted by molar-refractivity contribution is 7.26. The van der Waals surface area contributed by atoms with Crippen molar-refractivity contribution in [3.63, 3.8) is 0 Å². The summed E-state index contributed by atoms with van der Waals surface area (Å²) in [7, 11) is 0. The third-order valence-electron chi connectivity index (χ3n) is 9.06. The normalized spacial score (nSPS) is 14.3. The highest BCUT2D eigenvalue weighted by Crippen LogP contribution is 2.44. The van der Waals surface area contributed by atoms with E-state index >= 15 is 0 Å². The van der Waals surface area contributed by atoms with Crippen LogP contribution in [0.2, 0.25) is 0 Å². The van der Waals surface area contributed by atoms with Gasteiger partial charge < -0.3 is 0 Å². The fourth-order valence-corrected chi connectivity index (χ4v) is 7.86. The lowest BCUT2D eigenvalue weighted by Crippen LogP contribution is -2.00. The molecule has 0 fully saturated rings. The summed E-state index contributed by atoms with van der Waals surface area (Å²) in [6.45, 7) is 0. The first-order valence-electron chi connectivity index (χ1n) is 21.3. The Labute approximate surface area is 313 Å². The topological polar surface area (TPSA) is 38.7 Å². The molecule has 10 aromatic rings. The van der Waals surface area contributed by atoms with Crippen LogP contribution in [0, 0.1) is 0 Å². The Kier molecular flexibility index (Phi) is 4.97. The molecule has 0 aliphatic rings. The van der Waals surface area contributed by atoms with E-state index in [1.807, 2.05) is 66.7 Å². The van der Waals surface area contributed by atoms with Gasteiger partial charge in [0.25, 0.3) is 0 Å². The fraction of sp³-hybridized carbons (Fsp3) is 0. The van der Waals surface area contributed by atoms with Crippen molar-refractivity contribution in [2.45, 2.75) is 0 Å². The van der Waals surface area contributed by atoms with E-state index in [1.54, 1.807) is 12.1 Å². The van der Waals surface area contributed by atoms with E-state index in [-0.39, 0.29) is 22.3 Å². The van der Waals surface area contributed by atoms with E-state index in [2.05, 4.69) is 36.4 Å². The van der Waals surface area contributed by atoms with Gasteiger partial charge in [-0.2, -0.15) is 0 Å². The molecule has 0 spiro atoms. The summed E-state index contributed by atoms with van der Waals surface area (Å²) in [5.74, 6) is 1.40. The first-order valence-corrected chi connectivity index (χ1v) is 17.1. The van der Waals surface area contributed by atoms with Gasteiger partial charge in [0.15, 0.2) is 17.5 Å². The number of aromatic nitrogens is 3. The van der Waals surface area contributed by atoms with E-state index in [1.165, 1.54) is 11.3 Å². The molecule has 8 aromatic carbocycles. The van der Waals surface area contributed by atoms with Crippen LogP contribution in [-0.4, -0.2) is 15.0 Å². The smallest absolute Gasteiger partial charge is 0.164 e. The van der Waals surface area contributed by atoms with Crippen LogP contribution in [-0.2, 0) is 0 Å². The summed E-state index contributed by atoms with van der Waals surface area (Å²) < 4.78 is 86.8. The number of hydrogen-bond donors (Lipinski definition) is 0. The molecule has 0 aliphatic heterocycles. The molecule has 2 heterocycles. The van der Waals surface area contributed by atoms with Crippen molar-refractivity contribution in [2.24, 2.45) is 0 Å². The molecule has 0 aliphatic carbocycles. The van der Waals surface area contributed by atoms with Crippen LogP contribution < -0.4 is 0 Å². The quantitative estimate of drug-likeness (QED) is 0.170. The summed E-state index contributed by atoms with van der Waals surface area (Å²) in [6, 6.07) is 32.5. The second kappa shape index (κ2) is 12.1. The monoisotopic (exact) mass is 677 g/mol. The largest absolute Gasteiger partial charge is 0.208 e. The standard InChI is InChI=1S/C47H29N3S/c1-4-12-30(13-5-1)37-27-41(31-14-6-2-7-15-31)44-42(28-37)39-25-24-36(29-43(39)51-44)47-49-45(34-17-8-3-9-18-34)48-46(50-47)35-23-22-33-21-20-32-16-10-11-19-38(32)40(33)26-35/h1-29H/i1D,2D,4D,5D,6D,7D,12D,13D,14D,15D. The van der Waals surface area contributed by atoms with Gasteiger partial charge in [-0.3, -0.25) is 0 Å². The first kappa shape index (κ1) is 20.9. The lowest BCUT2D eigenvalue weighted by atomic mass is 9.96. The van der Waals surface area contributed by atoms with Crippen LogP contribution >= 0.6 is 11.3 Å². The molecule has 0 amide bonds. The van der Waals surface area contributed by atoms with Gasteiger partial charge in [-0.25, -0.2) is 15.0 Å². The number of thiophene rings is 1. The van der Waals surface area contributed by atoms with Crippen LogP contribution in [0.5, 0.6) is 0 Å². The first-order chi connectivity index (χ1) is 29.4. The SMILES string of the molecule is [2H]c1c([2H])c([2H])c(-c2cc(-c3c([2H])c([2H])c([2H])c([2H])c3[2H])c3sc4cc(-c5nc(-c6ccccc6)nc(-c6ccc7ccc8ccccc8c7c6)n5)ccc4c3c2)c([2H])c1[2H]. The highest BCUT2D eigenvalue weighted by Gasteiger charge is 2.17. The zero-order valence-corrected chi connectivity index (χ0v) is 27.5. The lowest BCUT2D eigenvalue weighted by molar-refractivity contribution is 1.08. The number of hydrogen-bond acceptors (Lipinski definition) is 4. The molecule has 238 valence electrons. The molecule has 51 heavy (non-hydrogen) atoms. The van der Waals surface area contributed by atoms with Gasteiger partial charge in [0, 0.05) is 42.4 Å². The summed E-state index contributed by atoms with van der Waals surface area (Å²) >= 11 is 1.34. The molecule has 0 bridgehead atoms. The highest BCUT2D eigenvalue weighted by atomic mass is 32.1. The van der Waals surface area contributed by atoms with E-state index in [0.717, 1.165) is 42.8 Å².